The second-order valence-electron chi connectivity index (χ2n) is 4.43. The van der Waals surface area contributed by atoms with Gasteiger partial charge in [0.1, 0.15) is 18.1 Å². The third kappa shape index (κ3) is 1.83. The van der Waals surface area contributed by atoms with E-state index in [9.17, 15) is 9.90 Å². The molecular formula is C11H19NO6. The third-order valence-electron chi connectivity index (χ3n) is 3.80. The van der Waals surface area contributed by atoms with Gasteiger partial charge < -0.3 is 19.3 Å². The van der Waals surface area contributed by atoms with E-state index < -0.39 is 29.8 Å². The van der Waals surface area contributed by atoms with E-state index in [4.69, 9.17) is 19.0 Å². The van der Waals surface area contributed by atoms with Gasteiger partial charge in [-0.25, -0.2) is 0 Å². The van der Waals surface area contributed by atoms with E-state index in [0.29, 0.717) is 13.0 Å². The van der Waals surface area contributed by atoms with Crippen LogP contribution in [0.15, 0.2) is 0 Å². The molecule has 0 aliphatic carbocycles. The Morgan fingerprint density at radius 3 is 2.61 bits per heavy atom. The van der Waals surface area contributed by atoms with Crippen LogP contribution in [0.3, 0.4) is 0 Å². The van der Waals surface area contributed by atoms with E-state index in [1.54, 1.807) is 5.06 Å². The van der Waals surface area contributed by atoms with Crippen LogP contribution in [0, 0.1) is 5.92 Å². The van der Waals surface area contributed by atoms with Gasteiger partial charge in [0.2, 0.25) is 0 Å². The second kappa shape index (κ2) is 5.10. The Hall–Kier alpha value is -0.730. The summed E-state index contributed by atoms with van der Waals surface area (Å²) in [6.07, 6.45) is -0.0246. The van der Waals surface area contributed by atoms with E-state index in [1.165, 1.54) is 21.3 Å². The quantitative estimate of drug-likeness (QED) is 0.521. The van der Waals surface area contributed by atoms with Crippen molar-refractivity contribution < 1.29 is 28.9 Å². The van der Waals surface area contributed by atoms with Gasteiger partial charge in [-0.3, -0.25) is 9.63 Å². The number of hydrogen-bond acceptors (Lipinski definition) is 7. The first kappa shape index (κ1) is 13.7. The first-order valence-electron chi connectivity index (χ1n) is 5.86. The topological polar surface area (TPSA) is 77.5 Å². The first-order chi connectivity index (χ1) is 8.63. The van der Waals surface area contributed by atoms with E-state index in [1.807, 2.05) is 0 Å². The van der Waals surface area contributed by atoms with Crippen molar-refractivity contribution >= 4 is 5.97 Å². The fourth-order valence-corrected chi connectivity index (χ4v) is 2.88. The molecule has 0 bridgehead atoms. The monoisotopic (exact) mass is 261 g/mol. The zero-order valence-electron chi connectivity index (χ0n) is 10.8. The highest BCUT2D eigenvalue weighted by molar-refractivity contribution is 5.74. The van der Waals surface area contributed by atoms with Crippen molar-refractivity contribution in [3.8, 4) is 0 Å². The third-order valence-corrected chi connectivity index (χ3v) is 3.80. The van der Waals surface area contributed by atoms with Gasteiger partial charge in [0.25, 0.3) is 0 Å². The van der Waals surface area contributed by atoms with Crippen molar-refractivity contribution in [1.29, 1.82) is 0 Å². The minimum atomic E-state index is -0.900. The molecule has 0 saturated carbocycles. The molecule has 2 saturated heterocycles. The molecule has 3 atom stereocenters. The number of aliphatic hydroxyl groups excluding tert-OH is 1. The number of aliphatic hydroxyl groups is 1. The molecule has 0 aromatic rings. The number of hydroxylamine groups is 2. The molecule has 0 amide bonds. The molecule has 2 heterocycles. The highest BCUT2D eigenvalue weighted by Gasteiger charge is 2.62. The summed E-state index contributed by atoms with van der Waals surface area (Å²) >= 11 is 0. The molecule has 0 spiro atoms. The smallest absolute Gasteiger partial charge is 0.313 e. The Balaban J connectivity index is 2.31. The molecule has 104 valence electrons. The number of carbonyl (C=O) groups excluding carboxylic acids is 1. The average molecular weight is 261 g/mol. The normalized spacial score (nSPS) is 34.6. The van der Waals surface area contributed by atoms with Crippen LogP contribution in [0.1, 0.15) is 6.42 Å². The summed E-state index contributed by atoms with van der Waals surface area (Å²) in [5.74, 6) is -1.95. The highest BCUT2D eigenvalue weighted by atomic mass is 16.7. The van der Waals surface area contributed by atoms with Gasteiger partial charge in [-0.05, 0) is 0 Å². The predicted molar refractivity (Wildman–Crippen MR) is 59.3 cm³/mol. The molecule has 0 aromatic heterocycles. The largest absolute Gasteiger partial charge is 0.469 e. The van der Waals surface area contributed by atoms with Crippen molar-refractivity contribution in [2.75, 3.05) is 34.5 Å². The predicted octanol–water partition coefficient (Wildman–Crippen LogP) is -0.855. The summed E-state index contributed by atoms with van der Waals surface area (Å²) in [6.45, 7) is 0.326. The highest BCUT2D eigenvalue weighted by Crippen LogP contribution is 2.43. The molecule has 1 N–H and O–H groups in total. The Kier molecular flexibility index (Phi) is 3.88. The number of methoxy groups -OCH3 is 3. The van der Waals surface area contributed by atoms with Crippen molar-refractivity contribution in [1.82, 2.24) is 5.06 Å². The van der Waals surface area contributed by atoms with Crippen LogP contribution >= 0.6 is 0 Å². The molecule has 0 radical (unpaired) electrons. The van der Waals surface area contributed by atoms with Crippen LogP contribution in [-0.2, 0) is 23.8 Å². The molecule has 2 rings (SSSR count). The van der Waals surface area contributed by atoms with Gasteiger partial charge >= 0.3 is 5.97 Å². The van der Waals surface area contributed by atoms with Gasteiger partial charge in [0.05, 0.1) is 13.7 Å². The summed E-state index contributed by atoms with van der Waals surface area (Å²) in [6, 6.07) is -0.405. The summed E-state index contributed by atoms with van der Waals surface area (Å²) in [7, 11) is 4.39. The lowest BCUT2D eigenvalue weighted by atomic mass is 9.90. The number of ether oxygens (including phenoxy) is 3. The number of nitrogens with zero attached hydrogens (tertiary/aromatic N) is 1. The van der Waals surface area contributed by atoms with Gasteiger partial charge in [-0.15, -0.1) is 0 Å². The molecule has 7 heteroatoms. The number of esters is 1. The fraction of sp³-hybridized carbons (Fsp3) is 0.909. The lowest BCUT2D eigenvalue weighted by Gasteiger charge is -2.33. The second-order valence-corrected chi connectivity index (χ2v) is 4.43. The van der Waals surface area contributed by atoms with Crippen molar-refractivity contribution in [3.63, 3.8) is 0 Å². The lowest BCUT2D eigenvalue weighted by molar-refractivity contribution is -0.238. The number of fused-ring (bicyclic) bond motifs is 1. The van der Waals surface area contributed by atoms with E-state index in [-0.39, 0.29) is 6.61 Å². The van der Waals surface area contributed by atoms with E-state index >= 15 is 0 Å². The minimum Gasteiger partial charge on any atom is -0.469 e. The number of rotatable bonds is 4. The molecule has 0 unspecified atom stereocenters. The fourth-order valence-electron chi connectivity index (χ4n) is 2.88. The maximum Gasteiger partial charge on any atom is 0.313 e. The van der Waals surface area contributed by atoms with Crippen LogP contribution in [-0.4, -0.2) is 68.6 Å². The Bertz CT molecular complexity index is 319. The van der Waals surface area contributed by atoms with Crippen LogP contribution in [0.4, 0.5) is 0 Å². The van der Waals surface area contributed by atoms with Gasteiger partial charge in [-0.2, -0.15) is 5.06 Å². The van der Waals surface area contributed by atoms with Crippen LogP contribution in [0.5, 0.6) is 0 Å². The van der Waals surface area contributed by atoms with Gasteiger partial charge in [0, 0.05) is 27.2 Å². The zero-order chi connectivity index (χ0) is 13.3. The first-order valence-corrected chi connectivity index (χ1v) is 5.86. The standard InChI is InChI=1S/C11H19NO6/c1-15-10(14)8-7(6-13)18-12-5-4-11(16-2,17-3)9(8)12/h7-9,13H,4-6H2,1-3H3/t7-,8+,9-/m0/s1. The average Bonchev–Trinajstić information content (AvgIpc) is 2.94. The maximum absolute atomic E-state index is 11.9. The molecular weight excluding hydrogens is 242 g/mol. The van der Waals surface area contributed by atoms with Gasteiger partial charge in [-0.1, -0.05) is 0 Å². The SMILES string of the molecule is COC(=O)[C@@H]1[C@H](CO)ON2CCC(OC)(OC)[C@H]12. The lowest BCUT2D eigenvalue weighted by Crippen LogP contribution is -2.51. The summed E-state index contributed by atoms with van der Waals surface area (Å²) in [5, 5.41) is 11.0. The van der Waals surface area contributed by atoms with Crippen LogP contribution in [0.25, 0.3) is 0 Å². The van der Waals surface area contributed by atoms with E-state index in [0.717, 1.165) is 0 Å². The number of hydrogen-bond donors (Lipinski definition) is 1. The van der Waals surface area contributed by atoms with Gasteiger partial charge in [0.15, 0.2) is 5.79 Å². The summed E-state index contributed by atoms with van der Waals surface area (Å²) < 4.78 is 15.7. The molecule has 2 aliphatic heterocycles. The summed E-state index contributed by atoms with van der Waals surface area (Å²) in [4.78, 5) is 17.4. The van der Waals surface area contributed by atoms with E-state index in [2.05, 4.69) is 0 Å². The molecule has 7 nitrogen and oxygen atoms in total. The molecule has 2 aliphatic rings. The minimum absolute atomic E-state index is 0.254. The maximum atomic E-state index is 11.9. The molecule has 2 fully saturated rings. The van der Waals surface area contributed by atoms with Crippen molar-refractivity contribution in [2.24, 2.45) is 5.92 Å². The number of carbonyl (C=O) groups is 1. The van der Waals surface area contributed by atoms with Crippen molar-refractivity contribution in [3.05, 3.63) is 0 Å². The zero-order valence-corrected chi connectivity index (χ0v) is 10.8. The van der Waals surface area contributed by atoms with Crippen molar-refractivity contribution in [2.45, 2.75) is 24.4 Å². The van der Waals surface area contributed by atoms with Crippen LogP contribution < -0.4 is 0 Å². The Morgan fingerprint density at radius 2 is 2.11 bits per heavy atom. The molecule has 0 aromatic carbocycles. The Labute approximate surface area is 106 Å². The Morgan fingerprint density at radius 1 is 1.44 bits per heavy atom. The van der Waals surface area contributed by atoms with Crippen LogP contribution in [0.2, 0.25) is 0 Å². The molecule has 18 heavy (non-hydrogen) atoms. The summed E-state index contributed by atoms with van der Waals surface area (Å²) in [5.41, 5.74) is 0.